The fourth-order valence-electron chi connectivity index (χ4n) is 1.47. The highest BCUT2D eigenvalue weighted by molar-refractivity contribution is 7.92. The third kappa shape index (κ3) is 4.28. The van der Waals surface area contributed by atoms with E-state index in [1.807, 2.05) is 0 Å². The second-order valence-corrected chi connectivity index (χ2v) is 8.52. The first-order valence-electron chi connectivity index (χ1n) is 6.29. The van der Waals surface area contributed by atoms with Crippen molar-refractivity contribution in [1.82, 2.24) is 0 Å². The highest BCUT2D eigenvalue weighted by Gasteiger charge is 2.28. The summed E-state index contributed by atoms with van der Waals surface area (Å²) in [6.07, 6.45) is 0. The van der Waals surface area contributed by atoms with Gasteiger partial charge in [0.05, 0.1) is 23.5 Å². The maximum atomic E-state index is 12.0. The molecule has 0 heterocycles. The first-order chi connectivity index (χ1) is 9.21. The molecule has 0 radical (unpaired) electrons. The molecule has 0 aliphatic carbocycles. The van der Waals surface area contributed by atoms with E-state index in [1.54, 1.807) is 46.1 Å². The lowest BCUT2D eigenvalue weighted by molar-refractivity contribution is 0.333. The molecule has 0 spiro atoms. The van der Waals surface area contributed by atoms with E-state index in [1.165, 1.54) is 0 Å². The lowest BCUT2D eigenvalue weighted by Gasteiger charge is -2.19. The van der Waals surface area contributed by atoms with Gasteiger partial charge < -0.3 is 9.47 Å². The molecule has 20 heavy (non-hydrogen) atoms. The summed E-state index contributed by atoms with van der Waals surface area (Å²) in [6, 6.07) is 5.30. The largest absolute Gasteiger partial charge is 0.497 e. The summed E-state index contributed by atoms with van der Waals surface area (Å²) in [7, 11) is -1.63. The lowest BCUT2D eigenvalue weighted by Crippen LogP contribution is -2.32. The monoisotopic (exact) mass is 320 g/mol. The quantitative estimate of drug-likeness (QED) is 0.756. The van der Waals surface area contributed by atoms with Crippen LogP contribution in [0.2, 0.25) is 0 Å². The SMILES string of the molecule is COc1ccc(CCl)c(OCCS(=O)(=O)C(C)(C)C)c1. The summed E-state index contributed by atoms with van der Waals surface area (Å²) < 4.78 is 33.9. The van der Waals surface area contributed by atoms with Crippen molar-refractivity contribution in [1.29, 1.82) is 0 Å². The van der Waals surface area contributed by atoms with Crippen molar-refractivity contribution in [3.8, 4) is 11.5 Å². The molecule has 0 atom stereocenters. The molecule has 0 amide bonds. The minimum atomic E-state index is -3.19. The number of methoxy groups -OCH3 is 1. The van der Waals surface area contributed by atoms with E-state index >= 15 is 0 Å². The van der Waals surface area contributed by atoms with Gasteiger partial charge in [0, 0.05) is 11.6 Å². The molecular formula is C14H21ClO4S. The van der Waals surface area contributed by atoms with Gasteiger partial charge in [-0.2, -0.15) is 0 Å². The molecule has 4 nitrogen and oxygen atoms in total. The predicted octanol–water partition coefficient (Wildman–Crippen LogP) is 3.03. The van der Waals surface area contributed by atoms with E-state index in [0.717, 1.165) is 5.56 Å². The molecular weight excluding hydrogens is 300 g/mol. The molecule has 1 aromatic carbocycles. The van der Waals surface area contributed by atoms with Crippen molar-refractivity contribution >= 4 is 21.4 Å². The molecule has 1 rings (SSSR count). The van der Waals surface area contributed by atoms with E-state index in [-0.39, 0.29) is 12.4 Å². The van der Waals surface area contributed by atoms with Gasteiger partial charge in [-0.15, -0.1) is 11.6 Å². The zero-order valence-corrected chi connectivity index (χ0v) is 13.8. The Labute approximate surface area is 126 Å². The van der Waals surface area contributed by atoms with Gasteiger partial charge in [-0.1, -0.05) is 6.07 Å². The van der Waals surface area contributed by atoms with Crippen LogP contribution in [-0.4, -0.2) is 32.6 Å². The van der Waals surface area contributed by atoms with Crippen molar-refractivity contribution in [2.75, 3.05) is 19.5 Å². The third-order valence-electron chi connectivity index (χ3n) is 2.96. The highest BCUT2D eigenvalue weighted by Crippen LogP contribution is 2.26. The van der Waals surface area contributed by atoms with E-state index in [4.69, 9.17) is 21.1 Å². The molecule has 0 aliphatic heterocycles. The van der Waals surface area contributed by atoms with Gasteiger partial charge in [-0.05, 0) is 26.8 Å². The van der Waals surface area contributed by atoms with Crippen molar-refractivity contribution in [2.45, 2.75) is 31.4 Å². The Bertz CT molecular complexity index is 547. The Balaban J connectivity index is 2.76. The Morgan fingerprint density at radius 2 is 1.90 bits per heavy atom. The summed E-state index contributed by atoms with van der Waals surface area (Å²) in [5.41, 5.74) is 0.806. The average Bonchev–Trinajstić information content (AvgIpc) is 2.37. The predicted molar refractivity (Wildman–Crippen MR) is 81.6 cm³/mol. The lowest BCUT2D eigenvalue weighted by atomic mass is 10.2. The number of rotatable bonds is 6. The van der Waals surface area contributed by atoms with Crippen LogP contribution in [0.5, 0.6) is 11.5 Å². The molecule has 114 valence electrons. The van der Waals surface area contributed by atoms with Crippen LogP contribution >= 0.6 is 11.6 Å². The number of halogens is 1. The van der Waals surface area contributed by atoms with Gasteiger partial charge in [0.1, 0.15) is 18.1 Å². The first-order valence-corrected chi connectivity index (χ1v) is 8.48. The van der Waals surface area contributed by atoms with Crippen LogP contribution < -0.4 is 9.47 Å². The Morgan fingerprint density at radius 1 is 1.25 bits per heavy atom. The molecule has 0 saturated carbocycles. The zero-order chi connectivity index (χ0) is 15.4. The Hall–Kier alpha value is -0.940. The van der Waals surface area contributed by atoms with E-state index < -0.39 is 14.6 Å². The van der Waals surface area contributed by atoms with E-state index in [2.05, 4.69) is 0 Å². The van der Waals surface area contributed by atoms with Gasteiger partial charge in [0.2, 0.25) is 0 Å². The van der Waals surface area contributed by atoms with Crippen molar-refractivity contribution in [2.24, 2.45) is 0 Å². The van der Waals surface area contributed by atoms with Gasteiger partial charge in [-0.25, -0.2) is 8.42 Å². The molecule has 0 unspecified atom stereocenters. The van der Waals surface area contributed by atoms with Crippen LogP contribution in [0, 0.1) is 0 Å². The fraction of sp³-hybridized carbons (Fsp3) is 0.571. The van der Waals surface area contributed by atoms with E-state index in [0.29, 0.717) is 17.4 Å². The van der Waals surface area contributed by atoms with Gasteiger partial charge in [-0.3, -0.25) is 0 Å². The summed E-state index contributed by atoms with van der Waals surface area (Å²) in [5, 5.41) is 0. The molecule has 1 aromatic rings. The van der Waals surface area contributed by atoms with Crippen molar-refractivity contribution in [3.63, 3.8) is 0 Å². The molecule has 0 bridgehead atoms. The molecule has 0 N–H and O–H groups in total. The normalized spacial score (nSPS) is 12.2. The van der Waals surface area contributed by atoms with Crippen molar-refractivity contribution < 1.29 is 17.9 Å². The standard InChI is InChI=1S/C14H21ClO4S/c1-14(2,3)20(16,17)8-7-19-13-9-12(18-4)6-5-11(13)10-15/h5-6,9H,7-8,10H2,1-4H3. The average molecular weight is 321 g/mol. The minimum Gasteiger partial charge on any atom is -0.497 e. The van der Waals surface area contributed by atoms with Crippen LogP contribution in [0.1, 0.15) is 26.3 Å². The maximum Gasteiger partial charge on any atom is 0.158 e. The summed E-state index contributed by atoms with van der Waals surface area (Å²) in [5.74, 6) is 1.47. The van der Waals surface area contributed by atoms with Crippen LogP contribution in [0.15, 0.2) is 18.2 Å². The zero-order valence-electron chi connectivity index (χ0n) is 12.3. The Kier molecular flexibility index (Phi) is 5.71. The molecule has 0 saturated heterocycles. The van der Waals surface area contributed by atoms with Crippen LogP contribution in [0.4, 0.5) is 0 Å². The molecule has 0 aromatic heterocycles. The number of alkyl halides is 1. The number of sulfone groups is 1. The second kappa shape index (κ2) is 6.68. The summed E-state index contributed by atoms with van der Waals surface area (Å²) >= 11 is 5.83. The summed E-state index contributed by atoms with van der Waals surface area (Å²) in [6.45, 7) is 5.13. The molecule has 0 fully saturated rings. The number of ether oxygens (including phenoxy) is 2. The van der Waals surface area contributed by atoms with Gasteiger partial charge >= 0.3 is 0 Å². The topological polar surface area (TPSA) is 52.6 Å². The van der Waals surface area contributed by atoms with Gasteiger partial charge in [0.25, 0.3) is 0 Å². The van der Waals surface area contributed by atoms with E-state index in [9.17, 15) is 8.42 Å². The van der Waals surface area contributed by atoms with Crippen molar-refractivity contribution in [3.05, 3.63) is 23.8 Å². The number of benzene rings is 1. The molecule has 6 heteroatoms. The highest BCUT2D eigenvalue weighted by atomic mass is 35.5. The van der Waals surface area contributed by atoms with Crippen LogP contribution in [-0.2, 0) is 15.7 Å². The smallest absolute Gasteiger partial charge is 0.158 e. The minimum absolute atomic E-state index is 0.0323. The third-order valence-corrected chi connectivity index (χ3v) is 5.82. The summed E-state index contributed by atoms with van der Waals surface area (Å²) in [4.78, 5) is 0. The Morgan fingerprint density at radius 3 is 2.40 bits per heavy atom. The second-order valence-electron chi connectivity index (χ2n) is 5.39. The first kappa shape index (κ1) is 17.1. The molecule has 0 aliphatic rings. The van der Waals surface area contributed by atoms with Crippen LogP contribution in [0.25, 0.3) is 0 Å². The number of hydrogen-bond acceptors (Lipinski definition) is 4. The van der Waals surface area contributed by atoms with Gasteiger partial charge in [0.15, 0.2) is 9.84 Å². The fourth-order valence-corrected chi connectivity index (χ4v) is 2.61. The maximum absolute atomic E-state index is 12.0. The van der Waals surface area contributed by atoms with Crippen LogP contribution in [0.3, 0.4) is 0 Å². The number of hydrogen-bond donors (Lipinski definition) is 0.